The molecule has 0 saturated carbocycles. The normalized spacial score (nSPS) is 10.4. The maximum Gasteiger partial charge on any atom is 0.323 e. The molecular formula is C14H27N5O2. The summed E-state index contributed by atoms with van der Waals surface area (Å²) in [6.45, 7) is 9.80. The van der Waals surface area contributed by atoms with E-state index in [0.717, 1.165) is 45.6 Å². The summed E-state index contributed by atoms with van der Waals surface area (Å²) < 4.78 is 10.9. The Kier molecular flexibility index (Phi) is 9.19. The molecule has 1 aromatic heterocycles. The standard InChI is InChI=1S/C14H27N5O2/c1-4-9-20-11-7-8-16-13-17-12(15-6-3)18-14(19-13)21-10-5-2/h4-11H2,1-3H3,(H2,15,16,17,18,19). The van der Waals surface area contributed by atoms with Gasteiger partial charge >= 0.3 is 6.01 Å². The highest BCUT2D eigenvalue weighted by Gasteiger charge is 2.06. The molecular weight excluding hydrogens is 270 g/mol. The van der Waals surface area contributed by atoms with Gasteiger partial charge in [0.15, 0.2) is 0 Å². The van der Waals surface area contributed by atoms with Crippen LogP contribution < -0.4 is 15.4 Å². The predicted molar refractivity (Wildman–Crippen MR) is 84.0 cm³/mol. The zero-order valence-electron chi connectivity index (χ0n) is 13.3. The molecule has 0 aliphatic heterocycles. The highest BCUT2D eigenvalue weighted by Crippen LogP contribution is 2.11. The minimum absolute atomic E-state index is 0.354. The van der Waals surface area contributed by atoms with Crippen molar-refractivity contribution in [1.29, 1.82) is 0 Å². The van der Waals surface area contributed by atoms with E-state index >= 15 is 0 Å². The Hall–Kier alpha value is -1.63. The van der Waals surface area contributed by atoms with Crippen LogP contribution in [0.3, 0.4) is 0 Å². The Balaban J connectivity index is 2.48. The third-order valence-corrected chi connectivity index (χ3v) is 2.48. The molecule has 0 bridgehead atoms. The molecule has 21 heavy (non-hydrogen) atoms. The van der Waals surface area contributed by atoms with E-state index in [1.165, 1.54) is 0 Å². The SMILES string of the molecule is CCCOCCCNc1nc(NCC)nc(OCCC)n1. The average Bonchev–Trinajstić information content (AvgIpc) is 2.49. The molecule has 0 fully saturated rings. The Labute approximate surface area is 126 Å². The monoisotopic (exact) mass is 297 g/mol. The number of hydrogen-bond donors (Lipinski definition) is 2. The molecule has 0 amide bonds. The maximum absolute atomic E-state index is 5.48. The molecule has 120 valence electrons. The van der Waals surface area contributed by atoms with Crippen molar-refractivity contribution >= 4 is 11.9 Å². The molecule has 0 atom stereocenters. The molecule has 1 rings (SSSR count). The van der Waals surface area contributed by atoms with Crippen LogP contribution in [-0.2, 0) is 4.74 Å². The average molecular weight is 297 g/mol. The second kappa shape index (κ2) is 11.1. The largest absolute Gasteiger partial charge is 0.463 e. The van der Waals surface area contributed by atoms with Crippen LogP contribution >= 0.6 is 0 Å². The van der Waals surface area contributed by atoms with Gasteiger partial charge in [-0.2, -0.15) is 15.0 Å². The molecule has 0 radical (unpaired) electrons. The first-order valence-corrected chi connectivity index (χ1v) is 7.74. The van der Waals surface area contributed by atoms with Gasteiger partial charge in [0.2, 0.25) is 11.9 Å². The van der Waals surface area contributed by atoms with E-state index in [4.69, 9.17) is 9.47 Å². The number of nitrogens with zero attached hydrogens (tertiary/aromatic N) is 3. The summed E-state index contributed by atoms with van der Waals surface area (Å²) in [6, 6.07) is 0.354. The minimum atomic E-state index is 0.354. The maximum atomic E-state index is 5.48. The van der Waals surface area contributed by atoms with Crippen molar-refractivity contribution in [3.8, 4) is 6.01 Å². The van der Waals surface area contributed by atoms with Gasteiger partial charge in [-0.25, -0.2) is 0 Å². The summed E-state index contributed by atoms with van der Waals surface area (Å²) in [4.78, 5) is 12.8. The van der Waals surface area contributed by atoms with Crippen LogP contribution in [0.25, 0.3) is 0 Å². The summed E-state index contributed by atoms with van der Waals surface area (Å²) in [5.74, 6) is 1.06. The molecule has 0 spiro atoms. The molecule has 0 aliphatic carbocycles. The van der Waals surface area contributed by atoms with Crippen molar-refractivity contribution in [2.45, 2.75) is 40.0 Å². The lowest BCUT2D eigenvalue weighted by Gasteiger charge is -2.09. The quantitative estimate of drug-likeness (QED) is 0.573. The first-order valence-electron chi connectivity index (χ1n) is 7.74. The van der Waals surface area contributed by atoms with Crippen LogP contribution in [-0.4, -0.2) is 47.9 Å². The van der Waals surface area contributed by atoms with Gasteiger partial charge in [0.05, 0.1) is 6.61 Å². The molecule has 2 N–H and O–H groups in total. The Morgan fingerprint density at radius 1 is 0.857 bits per heavy atom. The van der Waals surface area contributed by atoms with Gasteiger partial charge in [0.25, 0.3) is 0 Å². The molecule has 0 unspecified atom stereocenters. The predicted octanol–water partition coefficient (Wildman–Crippen LogP) is 2.32. The summed E-state index contributed by atoms with van der Waals surface area (Å²) in [7, 11) is 0. The fourth-order valence-electron chi connectivity index (χ4n) is 1.55. The number of rotatable bonds is 12. The Morgan fingerprint density at radius 3 is 2.24 bits per heavy atom. The second-order valence-electron chi connectivity index (χ2n) is 4.54. The van der Waals surface area contributed by atoms with E-state index in [1.54, 1.807) is 0 Å². The lowest BCUT2D eigenvalue weighted by Crippen LogP contribution is -2.13. The van der Waals surface area contributed by atoms with Crippen molar-refractivity contribution in [2.24, 2.45) is 0 Å². The van der Waals surface area contributed by atoms with E-state index in [0.29, 0.717) is 24.5 Å². The topological polar surface area (TPSA) is 81.2 Å². The molecule has 1 heterocycles. The Bertz CT molecular complexity index is 390. The molecule has 0 aromatic carbocycles. The van der Waals surface area contributed by atoms with Gasteiger partial charge in [-0.1, -0.05) is 13.8 Å². The minimum Gasteiger partial charge on any atom is -0.463 e. The van der Waals surface area contributed by atoms with E-state index in [2.05, 4.69) is 32.5 Å². The van der Waals surface area contributed by atoms with Crippen LogP contribution in [0.1, 0.15) is 40.0 Å². The van der Waals surface area contributed by atoms with Crippen LogP contribution in [0.15, 0.2) is 0 Å². The molecule has 0 aliphatic rings. The summed E-state index contributed by atoms with van der Waals surface area (Å²) >= 11 is 0. The zero-order chi connectivity index (χ0) is 15.3. The van der Waals surface area contributed by atoms with Crippen LogP contribution in [0.2, 0.25) is 0 Å². The number of aromatic nitrogens is 3. The van der Waals surface area contributed by atoms with Gasteiger partial charge < -0.3 is 20.1 Å². The zero-order valence-corrected chi connectivity index (χ0v) is 13.3. The Morgan fingerprint density at radius 2 is 1.57 bits per heavy atom. The fourth-order valence-corrected chi connectivity index (χ4v) is 1.55. The smallest absolute Gasteiger partial charge is 0.323 e. The first kappa shape index (κ1) is 17.4. The van der Waals surface area contributed by atoms with E-state index in [1.807, 2.05) is 13.8 Å². The number of hydrogen-bond acceptors (Lipinski definition) is 7. The number of ether oxygens (including phenoxy) is 2. The van der Waals surface area contributed by atoms with E-state index < -0.39 is 0 Å². The third kappa shape index (κ3) is 7.65. The number of anilines is 2. The van der Waals surface area contributed by atoms with Gasteiger partial charge in [-0.15, -0.1) is 0 Å². The van der Waals surface area contributed by atoms with E-state index in [-0.39, 0.29) is 0 Å². The van der Waals surface area contributed by atoms with Gasteiger partial charge in [-0.3, -0.25) is 0 Å². The molecule has 7 heteroatoms. The third-order valence-electron chi connectivity index (χ3n) is 2.48. The van der Waals surface area contributed by atoms with Gasteiger partial charge in [0.1, 0.15) is 0 Å². The van der Waals surface area contributed by atoms with Crippen molar-refractivity contribution < 1.29 is 9.47 Å². The molecule has 0 saturated heterocycles. The summed E-state index contributed by atoms with van der Waals surface area (Å²) in [5, 5.41) is 6.25. The first-order chi connectivity index (χ1) is 10.3. The highest BCUT2D eigenvalue weighted by atomic mass is 16.5. The number of nitrogens with one attached hydrogen (secondary N) is 2. The lowest BCUT2D eigenvalue weighted by atomic mass is 10.4. The molecule has 7 nitrogen and oxygen atoms in total. The summed E-state index contributed by atoms with van der Waals surface area (Å²) in [5.41, 5.74) is 0. The van der Waals surface area contributed by atoms with Gasteiger partial charge in [0, 0.05) is 26.3 Å². The lowest BCUT2D eigenvalue weighted by molar-refractivity contribution is 0.134. The van der Waals surface area contributed by atoms with Crippen molar-refractivity contribution in [3.05, 3.63) is 0 Å². The highest BCUT2D eigenvalue weighted by molar-refractivity contribution is 5.35. The van der Waals surface area contributed by atoms with Crippen LogP contribution in [0, 0.1) is 0 Å². The van der Waals surface area contributed by atoms with Crippen LogP contribution in [0.4, 0.5) is 11.9 Å². The second-order valence-corrected chi connectivity index (χ2v) is 4.54. The van der Waals surface area contributed by atoms with E-state index in [9.17, 15) is 0 Å². The van der Waals surface area contributed by atoms with Crippen molar-refractivity contribution in [2.75, 3.05) is 43.5 Å². The van der Waals surface area contributed by atoms with Crippen LogP contribution in [0.5, 0.6) is 6.01 Å². The van der Waals surface area contributed by atoms with Crippen molar-refractivity contribution in [1.82, 2.24) is 15.0 Å². The fraction of sp³-hybridized carbons (Fsp3) is 0.786. The molecule has 1 aromatic rings. The summed E-state index contributed by atoms with van der Waals surface area (Å²) in [6.07, 6.45) is 2.87. The van der Waals surface area contributed by atoms with Gasteiger partial charge in [-0.05, 0) is 26.2 Å². The van der Waals surface area contributed by atoms with Crippen molar-refractivity contribution in [3.63, 3.8) is 0 Å².